The number of rotatable bonds is 3. The first-order chi connectivity index (χ1) is 11.0. The van der Waals surface area contributed by atoms with Gasteiger partial charge in [-0.3, -0.25) is 0 Å². The Labute approximate surface area is 142 Å². The number of ether oxygens (including phenoxy) is 3. The van der Waals surface area contributed by atoms with Crippen LogP contribution in [0.5, 0.6) is 5.75 Å². The van der Waals surface area contributed by atoms with Crippen LogP contribution < -0.4 is 10.1 Å². The normalized spacial score (nSPS) is 17.0. The quantitative estimate of drug-likeness (QED) is 0.468. The highest BCUT2D eigenvalue weighted by Gasteiger charge is 2.39. The summed E-state index contributed by atoms with van der Waals surface area (Å²) in [6.07, 6.45) is -3.76. The molecular formula is C14H11BrF3NO5. The lowest BCUT2D eigenvalue weighted by atomic mass is 10.2. The third-order valence-corrected chi connectivity index (χ3v) is 3.32. The molecule has 2 rings (SSSR count). The number of carbonyl (C=O) groups excluding carboxylic acids is 2. The number of benzene rings is 1. The highest BCUT2D eigenvalue weighted by molar-refractivity contribution is 9.10. The molecule has 0 radical (unpaired) electrons. The molecule has 0 aromatic heterocycles. The first-order valence-electron chi connectivity index (χ1n) is 6.45. The molecule has 1 aliphatic heterocycles. The van der Waals surface area contributed by atoms with Crippen LogP contribution in [0.3, 0.4) is 0 Å². The number of nitrogens with one attached hydrogen (secondary N) is 1. The van der Waals surface area contributed by atoms with Crippen molar-refractivity contribution in [2.24, 2.45) is 0 Å². The SMILES string of the molecule is CC1(C)OC(=O)C(=CNc2ccc(OC(F)(F)F)cc2Br)C(=O)O1. The second kappa shape index (κ2) is 6.34. The molecular weight excluding hydrogens is 399 g/mol. The maximum absolute atomic E-state index is 12.1. The van der Waals surface area contributed by atoms with Gasteiger partial charge in [0.25, 0.3) is 5.79 Å². The number of alkyl halides is 3. The molecule has 1 aliphatic rings. The Bertz CT molecular complexity index is 693. The molecule has 10 heteroatoms. The van der Waals surface area contributed by atoms with Crippen molar-refractivity contribution < 1.29 is 37.0 Å². The Morgan fingerprint density at radius 2 is 1.79 bits per heavy atom. The minimum absolute atomic E-state index is 0.221. The van der Waals surface area contributed by atoms with Gasteiger partial charge in [0.15, 0.2) is 5.57 Å². The third-order valence-electron chi connectivity index (χ3n) is 2.66. The van der Waals surface area contributed by atoms with Crippen molar-refractivity contribution in [3.8, 4) is 5.75 Å². The van der Waals surface area contributed by atoms with E-state index >= 15 is 0 Å². The lowest BCUT2D eigenvalue weighted by Crippen LogP contribution is -2.42. The van der Waals surface area contributed by atoms with Crippen LogP contribution in [0, 0.1) is 0 Å². The van der Waals surface area contributed by atoms with E-state index < -0.39 is 29.8 Å². The standard InChI is InChI=1S/C14H11BrF3NO5/c1-13(2)23-11(20)8(12(21)24-13)6-19-10-4-3-7(5-9(10)15)22-14(16,17)18/h3-6,19H,1-2H3. The van der Waals surface area contributed by atoms with Gasteiger partial charge in [-0.2, -0.15) is 0 Å². The lowest BCUT2D eigenvalue weighted by molar-refractivity contribution is -0.274. The second-order valence-electron chi connectivity index (χ2n) is 5.07. The predicted octanol–water partition coefficient (Wildman–Crippen LogP) is 3.48. The van der Waals surface area contributed by atoms with Gasteiger partial charge < -0.3 is 19.5 Å². The fourth-order valence-corrected chi connectivity index (χ4v) is 2.21. The van der Waals surface area contributed by atoms with E-state index in [1.807, 2.05) is 0 Å². The summed E-state index contributed by atoms with van der Waals surface area (Å²) in [6, 6.07) is 3.42. The molecule has 0 bridgehead atoms. The summed E-state index contributed by atoms with van der Waals surface area (Å²) in [5.74, 6) is -3.54. The van der Waals surface area contributed by atoms with Gasteiger partial charge in [0.1, 0.15) is 5.75 Å². The Balaban J connectivity index is 2.14. The van der Waals surface area contributed by atoms with Gasteiger partial charge in [-0.25, -0.2) is 9.59 Å². The van der Waals surface area contributed by atoms with Gasteiger partial charge in [0, 0.05) is 24.5 Å². The van der Waals surface area contributed by atoms with E-state index in [4.69, 9.17) is 9.47 Å². The van der Waals surface area contributed by atoms with E-state index in [9.17, 15) is 22.8 Å². The molecule has 0 amide bonds. The van der Waals surface area contributed by atoms with Gasteiger partial charge in [0.2, 0.25) is 0 Å². The van der Waals surface area contributed by atoms with Crippen molar-refractivity contribution in [3.05, 3.63) is 34.4 Å². The van der Waals surface area contributed by atoms with Crippen LogP contribution in [0.4, 0.5) is 18.9 Å². The van der Waals surface area contributed by atoms with E-state index in [0.29, 0.717) is 5.69 Å². The van der Waals surface area contributed by atoms with E-state index in [2.05, 4.69) is 26.0 Å². The van der Waals surface area contributed by atoms with Crippen LogP contribution in [-0.2, 0) is 19.1 Å². The smallest absolute Gasteiger partial charge is 0.419 e. The van der Waals surface area contributed by atoms with Crippen LogP contribution in [0.2, 0.25) is 0 Å². The van der Waals surface area contributed by atoms with Gasteiger partial charge in [-0.15, -0.1) is 13.2 Å². The molecule has 0 spiro atoms. The second-order valence-corrected chi connectivity index (χ2v) is 5.93. The Morgan fingerprint density at radius 3 is 2.29 bits per heavy atom. The summed E-state index contributed by atoms with van der Waals surface area (Å²) >= 11 is 3.06. The molecule has 6 nitrogen and oxygen atoms in total. The number of anilines is 1. The highest BCUT2D eigenvalue weighted by atomic mass is 79.9. The molecule has 130 valence electrons. The van der Waals surface area contributed by atoms with Crippen LogP contribution in [0.1, 0.15) is 13.8 Å². The molecule has 1 saturated heterocycles. The zero-order valence-electron chi connectivity index (χ0n) is 12.4. The summed E-state index contributed by atoms with van der Waals surface area (Å²) in [5, 5.41) is 2.61. The van der Waals surface area contributed by atoms with Crippen molar-refractivity contribution in [1.82, 2.24) is 0 Å². The van der Waals surface area contributed by atoms with E-state index in [1.54, 1.807) is 0 Å². The minimum Gasteiger partial charge on any atom is -0.419 e. The Kier molecular flexibility index (Phi) is 4.79. The molecule has 0 saturated carbocycles. The third kappa shape index (κ3) is 4.63. The maximum atomic E-state index is 12.1. The predicted molar refractivity (Wildman–Crippen MR) is 78.8 cm³/mol. The van der Waals surface area contributed by atoms with Crippen LogP contribution in [0.15, 0.2) is 34.4 Å². The zero-order chi connectivity index (χ0) is 18.1. The molecule has 0 unspecified atom stereocenters. The fraction of sp³-hybridized carbons (Fsp3) is 0.286. The maximum Gasteiger partial charge on any atom is 0.573 e. The van der Waals surface area contributed by atoms with E-state index in [-0.39, 0.29) is 10.0 Å². The fourth-order valence-electron chi connectivity index (χ4n) is 1.74. The Hall–Kier alpha value is -2.23. The summed E-state index contributed by atoms with van der Waals surface area (Å²) in [4.78, 5) is 23.5. The minimum atomic E-state index is -4.81. The Morgan fingerprint density at radius 1 is 1.21 bits per heavy atom. The molecule has 1 N–H and O–H groups in total. The average Bonchev–Trinajstić information content (AvgIpc) is 2.36. The summed E-state index contributed by atoms with van der Waals surface area (Å²) in [6.45, 7) is 2.81. The summed E-state index contributed by atoms with van der Waals surface area (Å²) < 4.78 is 50.2. The van der Waals surface area contributed by atoms with Crippen molar-refractivity contribution >= 4 is 33.6 Å². The van der Waals surface area contributed by atoms with E-state index in [0.717, 1.165) is 18.3 Å². The number of hydrogen-bond donors (Lipinski definition) is 1. The van der Waals surface area contributed by atoms with Gasteiger partial charge in [-0.1, -0.05) is 0 Å². The molecule has 24 heavy (non-hydrogen) atoms. The van der Waals surface area contributed by atoms with Gasteiger partial charge >= 0.3 is 18.3 Å². The first kappa shape index (κ1) is 18.1. The number of carbonyl (C=O) groups is 2. The largest absolute Gasteiger partial charge is 0.573 e. The molecule has 1 aromatic rings. The monoisotopic (exact) mass is 409 g/mol. The van der Waals surface area contributed by atoms with Gasteiger partial charge in [0.05, 0.1) is 5.69 Å². The lowest BCUT2D eigenvalue weighted by Gasteiger charge is -2.29. The molecule has 1 aromatic carbocycles. The summed E-state index contributed by atoms with van der Waals surface area (Å²) in [7, 11) is 0. The number of cyclic esters (lactones) is 2. The van der Waals surface area contributed by atoms with Gasteiger partial charge in [-0.05, 0) is 34.1 Å². The first-order valence-corrected chi connectivity index (χ1v) is 7.25. The molecule has 1 fully saturated rings. The molecule has 0 aliphatic carbocycles. The van der Waals surface area contributed by atoms with Crippen LogP contribution in [-0.4, -0.2) is 24.1 Å². The van der Waals surface area contributed by atoms with Crippen LogP contribution in [0.25, 0.3) is 0 Å². The topological polar surface area (TPSA) is 73.9 Å². The van der Waals surface area contributed by atoms with Crippen molar-refractivity contribution in [1.29, 1.82) is 0 Å². The van der Waals surface area contributed by atoms with Crippen molar-refractivity contribution in [3.63, 3.8) is 0 Å². The number of halogens is 4. The number of esters is 2. The summed E-state index contributed by atoms with van der Waals surface area (Å²) in [5.41, 5.74) is -0.0840. The van der Waals surface area contributed by atoms with Crippen molar-refractivity contribution in [2.45, 2.75) is 26.0 Å². The molecule has 0 atom stereocenters. The highest BCUT2D eigenvalue weighted by Crippen LogP contribution is 2.31. The van der Waals surface area contributed by atoms with Crippen LogP contribution >= 0.6 is 15.9 Å². The van der Waals surface area contributed by atoms with E-state index in [1.165, 1.54) is 19.9 Å². The average molecular weight is 410 g/mol. The zero-order valence-corrected chi connectivity index (χ0v) is 13.9. The van der Waals surface area contributed by atoms with Crippen molar-refractivity contribution in [2.75, 3.05) is 5.32 Å². The number of hydrogen-bond acceptors (Lipinski definition) is 6. The molecule has 1 heterocycles.